The first-order valence-electron chi connectivity index (χ1n) is 9.11. The molecule has 0 radical (unpaired) electrons. The Morgan fingerprint density at radius 3 is 2.68 bits per heavy atom. The third-order valence-electron chi connectivity index (χ3n) is 4.50. The van der Waals surface area contributed by atoms with E-state index in [4.69, 9.17) is 4.74 Å². The number of carbonyl (C=O) groups is 1. The highest BCUT2D eigenvalue weighted by Gasteiger charge is 2.22. The summed E-state index contributed by atoms with van der Waals surface area (Å²) in [4.78, 5) is 16.5. The number of benzene rings is 2. The summed E-state index contributed by atoms with van der Waals surface area (Å²) >= 11 is 0. The second-order valence-electron chi connectivity index (χ2n) is 6.76. The number of para-hydroxylation sites is 2. The first kappa shape index (κ1) is 19.8. The number of aryl methyl sites for hydroxylation is 2. The van der Waals surface area contributed by atoms with Crippen molar-refractivity contribution in [3.63, 3.8) is 0 Å². The number of ether oxygens (including phenoxy) is 1. The van der Waals surface area contributed by atoms with E-state index in [9.17, 15) is 13.6 Å². The van der Waals surface area contributed by atoms with Gasteiger partial charge in [-0.2, -0.15) is 8.78 Å². The summed E-state index contributed by atoms with van der Waals surface area (Å²) in [6.45, 7) is 3.04. The van der Waals surface area contributed by atoms with Crippen LogP contribution >= 0.6 is 0 Å². The molecular weight excluding hydrogens is 364 g/mol. The van der Waals surface area contributed by atoms with E-state index in [1.54, 1.807) is 31.2 Å². The van der Waals surface area contributed by atoms with Gasteiger partial charge < -0.3 is 10.1 Å². The summed E-state index contributed by atoms with van der Waals surface area (Å²) in [5.41, 5.74) is 2.95. The molecule has 0 fully saturated rings. The number of carbonyl (C=O) groups excluding carboxylic acids is 1. The first-order valence-corrected chi connectivity index (χ1v) is 9.11. The van der Waals surface area contributed by atoms with Crippen LogP contribution in [0, 0.1) is 13.8 Å². The van der Waals surface area contributed by atoms with Crippen LogP contribution in [-0.2, 0) is 4.79 Å². The SMILES string of the molecule is Cc1ccc(OCCC(=O)NC(C)c2nc3ccccc3n2C(F)F)c(C)c1. The minimum Gasteiger partial charge on any atom is -0.493 e. The molecule has 0 aliphatic heterocycles. The summed E-state index contributed by atoms with van der Waals surface area (Å²) in [5, 5.41) is 2.73. The number of fused-ring (bicyclic) bond motifs is 1. The van der Waals surface area contributed by atoms with Gasteiger partial charge in [0.15, 0.2) is 0 Å². The molecule has 3 aromatic rings. The summed E-state index contributed by atoms with van der Waals surface area (Å²) in [7, 11) is 0. The van der Waals surface area contributed by atoms with Gasteiger partial charge in [0.2, 0.25) is 5.91 Å². The zero-order valence-corrected chi connectivity index (χ0v) is 16.1. The average Bonchev–Trinajstić information content (AvgIpc) is 3.03. The summed E-state index contributed by atoms with van der Waals surface area (Å²) in [5.74, 6) is 0.566. The predicted molar refractivity (Wildman–Crippen MR) is 104 cm³/mol. The van der Waals surface area contributed by atoms with Crippen LogP contribution in [0.4, 0.5) is 8.78 Å². The van der Waals surface area contributed by atoms with Gasteiger partial charge in [0.1, 0.15) is 11.6 Å². The molecule has 1 amide bonds. The van der Waals surface area contributed by atoms with E-state index >= 15 is 0 Å². The molecule has 1 N–H and O–H groups in total. The zero-order valence-electron chi connectivity index (χ0n) is 16.1. The van der Waals surface area contributed by atoms with Gasteiger partial charge in [-0.1, -0.05) is 29.8 Å². The number of nitrogens with zero attached hydrogens (tertiary/aromatic N) is 2. The Morgan fingerprint density at radius 2 is 1.96 bits per heavy atom. The maximum Gasteiger partial charge on any atom is 0.320 e. The van der Waals surface area contributed by atoms with Gasteiger partial charge >= 0.3 is 6.55 Å². The number of imidazole rings is 1. The molecule has 1 unspecified atom stereocenters. The van der Waals surface area contributed by atoms with Crippen LogP contribution in [0.5, 0.6) is 5.75 Å². The molecule has 0 saturated carbocycles. The summed E-state index contributed by atoms with van der Waals surface area (Å²) < 4.78 is 33.6. The summed E-state index contributed by atoms with van der Waals surface area (Å²) in [6, 6.07) is 11.8. The second kappa shape index (κ2) is 8.37. The monoisotopic (exact) mass is 387 g/mol. The van der Waals surface area contributed by atoms with Crippen molar-refractivity contribution in [2.24, 2.45) is 0 Å². The number of rotatable bonds is 7. The van der Waals surface area contributed by atoms with Gasteiger partial charge in [-0.25, -0.2) is 4.98 Å². The molecule has 0 spiro atoms. The van der Waals surface area contributed by atoms with Crippen molar-refractivity contribution in [2.75, 3.05) is 6.61 Å². The van der Waals surface area contributed by atoms with Crippen molar-refractivity contribution in [3.05, 3.63) is 59.4 Å². The Balaban J connectivity index is 1.63. The normalized spacial score (nSPS) is 12.4. The second-order valence-corrected chi connectivity index (χ2v) is 6.76. The number of halogens is 2. The van der Waals surface area contributed by atoms with E-state index in [0.29, 0.717) is 11.0 Å². The van der Waals surface area contributed by atoms with Crippen LogP contribution in [0.15, 0.2) is 42.5 Å². The molecule has 0 bridgehead atoms. The number of nitrogens with one attached hydrogen (secondary N) is 1. The van der Waals surface area contributed by atoms with Gasteiger partial charge in [0.25, 0.3) is 0 Å². The van der Waals surface area contributed by atoms with Crippen LogP contribution < -0.4 is 10.1 Å². The first-order chi connectivity index (χ1) is 13.4. The molecule has 0 aliphatic rings. The van der Waals surface area contributed by atoms with Gasteiger partial charge in [-0.05, 0) is 44.5 Å². The zero-order chi connectivity index (χ0) is 20.3. The minimum atomic E-state index is -2.74. The smallest absolute Gasteiger partial charge is 0.320 e. The van der Waals surface area contributed by atoms with Crippen LogP contribution in [-0.4, -0.2) is 22.1 Å². The fraction of sp³-hybridized carbons (Fsp3) is 0.333. The molecule has 148 valence electrons. The Bertz CT molecular complexity index is 985. The topological polar surface area (TPSA) is 56.1 Å². The highest BCUT2D eigenvalue weighted by atomic mass is 19.3. The standard InChI is InChI=1S/C21H23F2N3O2/c1-13-8-9-18(14(2)12-13)28-11-10-19(27)24-15(3)20-25-16-6-4-5-7-17(16)26(20)21(22)23/h4-9,12,15,21H,10-11H2,1-3H3,(H,24,27). The maximum atomic E-state index is 13.5. The molecule has 0 aliphatic carbocycles. The fourth-order valence-corrected chi connectivity index (χ4v) is 3.17. The molecule has 28 heavy (non-hydrogen) atoms. The van der Waals surface area contributed by atoms with Crippen molar-refractivity contribution >= 4 is 16.9 Å². The number of hydrogen-bond donors (Lipinski definition) is 1. The van der Waals surface area contributed by atoms with Gasteiger partial charge in [0.05, 0.1) is 30.1 Å². The lowest BCUT2D eigenvalue weighted by molar-refractivity contribution is -0.122. The van der Waals surface area contributed by atoms with Crippen LogP contribution in [0.3, 0.4) is 0 Å². The lowest BCUT2D eigenvalue weighted by Gasteiger charge is -2.16. The molecule has 1 aromatic heterocycles. The van der Waals surface area contributed by atoms with E-state index in [1.165, 1.54) is 0 Å². The number of hydrogen-bond acceptors (Lipinski definition) is 3. The Kier molecular flexibility index (Phi) is 5.92. The predicted octanol–water partition coefficient (Wildman–Crippen LogP) is 4.69. The van der Waals surface area contributed by atoms with Crippen molar-refractivity contribution in [1.29, 1.82) is 0 Å². The quantitative estimate of drug-likeness (QED) is 0.640. The fourth-order valence-electron chi connectivity index (χ4n) is 3.17. The molecule has 7 heteroatoms. The van der Waals surface area contributed by atoms with E-state index < -0.39 is 12.6 Å². The van der Waals surface area contributed by atoms with E-state index in [2.05, 4.69) is 10.3 Å². The Labute approximate surface area is 162 Å². The Hall–Kier alpha value is -2.96. The number of amides is 1. The average molecular weight is 387 g/mol. The minimum absolute atomic E-state index is 0.118. The molecule has 2 aromatic carbocycles. The Morgan fingerprint density at radius 1 is 1.21 bits per heavy atom. The summed E-state index contributed by atoms with van der Waals surface area (Å²) in [6.07, 6.45) is 0.118. The molecule has 3 rings (SSSR count). The number of alkyl halides is 2. The van der Waals surface area contributed by atoms with Crippen molar-refractivity contribution in [2.45, 2.75) is 39.8 Å². The van der Waals surface area contributed by atoms with Crippen LogP contribution in [0.25, 0.3) is 11.0 Å². The molecule has 0 saturated heterocycles. The van der Waals surface area contributed by atoms with Crippen LogP contribution in [0.2, 0.25) is 0 Å². The van der Waals surface area contributed by atoms with Gasteiger partial charge in [-0.15, -0.1) is 0 Å². The maximum absolute atomic E-state index is 13.5. The molecular formula is C21H23F2N3O2. The lowest BCUT2D eigenvalue weighted by atomic mass is 10.1. The highest BCUT2D eigenvalue weighted by Crippen LogP contribution is 2.26. The molecule has 5 nitrogen and oxygen atoms in total. The molecule has 1 atom stereocenters. The number of aromatic nitrogens is 2. The lowest BCUT2D eigenvalue weighted by Crippen LogP contribution is -2.29. The largest absolute Gasteiger partial charge is 0.493 e. The van der Waals surface area contributed by atoms with Crippen molar-refractivity contribution < 1.29 is 18.3 Å². The highest BCUT2D eigenvalue weighted by molar-refractivity contribution is 5.78. The van der Waals surface area contributed by atoms with E-state index in [1.807, 2.05) is 32.0 Å². The van der Waals surface area contributed by atoms with Crippen LogP contribution in [0.1, 0.15) is 42.9 Å². The molecule has 1 heterocycles. The van der Waals surface area contributed by atoms with Gasteiger partial charge in [-0.3, -0.25) is 9.36 Å². The third kappa shape index (κ3) is 4.30. The third-order valence-corrected chi connectivity index (χ3v) is 4.50. The van der Waals surface area contributed by atoms with E-state index in [0.717, 1.165) is 21.4 Å². The van der Waals surface area contributed by atoms with Crippen molar-refractivity contribution in [3.8, 4) is 5.75 Å². The van der Waals surface area contributed by atoms with E-state index in [-0.39, 0.29) is 24.8 Å². The van der Waals surface area contributed by atoms with Crippen molar-refractivity contribution in [1.82, 2.24) is 14.9 Å². The van der Waals surface area contributed by atoms with Gasteiger partial charge in [0, 0.05) is 0 Å².